The van der Waals surface area contributed by atoms with Crippen molar-refractivity contribution < 1.29 is 5.11 Å². The van der Waals surface area contributed by atoms with Gasteiger partial charge in [0.05, 0.1) is 5.60 Å². The molecule has 0 radical (unpaired) electrons. The van der Waals surface area contributed by atoms with E-state index in [0.717, 1.165) is 32.1 Å². The molecule has 1 rings (SSSR count). The highest BCUT2D eigenvalue weighted by atomic mass is 16.3. The van der Waals surface area contributed by atoms with Gasteiger partial charge in [-0.3, -0.25) is 0 Å². The molecule has 0 aromatic heterocycles. The molecule has 0 aromatic carbocycles. The first-order chi connectivity index (χ1) is 6.19. The van der Waals surface area contributed by atoms with Crippen molar-refractivity contribution in [2.75, 3.05) is 0 Å². The highest BCUT2D eigenvalue weighted by Crippen LogP contribution is 2.29. The van der Waals surface area contributed by atoms with Crippen LogP contribution in [0.15, 0.2) is 0 Å². The van der Waals surface area contributed by atoms with Crippen molar-refractivity contribution in [1.82, 2.24) is 0 Å². The van der Waals surface area contributed by atoms with E-state index in [1.165, 1.54) is 19.3 Å². The molecule has 0 aliphatic heterocycles. The van der Waals surface area contributed by atoms with Crippen LogP contribution in [0, 0.1) is 0 Å². The van der Waals surface area contributed by atoms with Crippen LogP contribution in [-0.4, -0.2) is 16.7 Å². The molecule has 78 valence electrons. The molecule has 0 heterocycles. The van der Waals surface area contributed by atoms with Crippen LogP contribution in [0.4, 0.5) is 0 Å². The van der Waals surface area contributed by atoms with Gasteiger partial charge >= 0.3 is 0 Å². The fourth-order valence-electron chi connectivity index (χ4n) is 2.27. The van der Waals surface area contributed by atoms with E-state index < -0.39 is 5.60 Å². The van der Waals surface area contributed by atoms with Crippen LogP contribution in [-0.2, 0) is 0 Å². The Morgan fingerprint density at radius 3 is 2.08 bits per heavy atom. The molecule has 1 aliphatic rings. The van der Waals surface area contributed by atoms with Crippen LogP contribution >= 0.6 is 0 Å². The zero-order valence-electron chi connectivity index (χ0n) is 8.76. The molecule has 0 bridgehead atoms. The van der Waals surface area contributed by atoms with Gasteiger partial charge in [-0.2, -0.15) is 0 Å². The first kappa shape index (κ1) is 11.0. The predicted molar refractivity (Wildman–Crippen MR) is 55.5 cm³/mol. The third-order valence-electron chi connectivity index (χ3n) is 3.35. The average molecular weight is 185 g/mol. The molecule has 0 saturated heterocycles. The molecule has 2 heteroatoms. The van der Waals surface area contributed by atoms with Crippen molar-refractivity contribution in [3.8, 4) is 0 Å². The van der Waals surface area contributed by atoms with E-state index in [0.29, 0.717) is 0 Å². The van der Waals surface area contributed by atoms with E-state index in [2.05, 4.69) is 6.92 Å². The number of hydrogen-bond donors (Lipinski definition) is 2. The van der Waals surface area contributed by atoms with Gasteiger partial charge < -0.3 is 10.8 Å². The second-order valence-corrected chi connectivity index (χ2v) is 4.39. The van der Waals surface area contributed by atoms with Crippen molar-refractivity contribution in [1.29, 1.82) is 0 Å². The van der Waals surface area contributed by atoms with Crippen LogP contribution in [0.3, 0.4) is 0 Å². The molecule has 0 spiro atoms. The Bertz CT molecular complexity index is 139. The second kappa shape index (κ2) is 4.97. The topological polar surface area (TPSA) is 46.2 Å². The number of aliphatic hydroxyl groups is 1. The maximum atomic E-state index is 10.3. The Kier molecular flexibility index (Phi) is 4.20. The highest BCUT2D eigenvalue weighted by molar-refractivity contribution is 4.89. The van der Waals surface area contributed by atoms with Gasteiger partial charge in [-0.05, 0) is 19.3 Å². The summed E-state index contributed by atoms with van der Waals surface area (Å²) in [6, 6.07) is -0.0226. The van der Waals surface area contributed by atoms with Crippen LogP contribution in [0.1, 0.15) is 58.3 Å². The molecule has 1 fully saturated rings. The van der Waals surface area contributed by atoms with E-state index in [1.54, 1.807) is 0 Å². The van der Waals surface area contributed by atoms with Gasteiger partial charge in [-0.15, -0.1) is 0 Å². The molecular formula is C11H23NO. The Hall–Kier alpha value is -0.0800. The Labute approximate surface area is 81.5 Å². The lowest BCUT2D eigenvalue weighted by atomic mass is 9.81. The number of nitrogens with two attached hydrogens (primary N) is 1. The van der Waals surface area contributed by atoms with Gasteiger partial charge in [0.2, 0.25) is 0 Å². The van der Waals surface area contributed by atoms with Gasteiger partial charge in [-0.1, -0.05) is 39.0 Å². The summed E-state index contributed by atoms with van der Waals surface area (Å²) in [5.74, 6) is 0. The fourth-order valence-corrected chi connectivity index (χ4v) is 2.27. The molecule has 0 aromatic rings. The minimum Gasteiger partial charge on any atom is -0.388 e. The lowest BCUT2D eigenvalue weighted by Gasteiger charge is -2.35. The summed E-state index contributed by atoms with van der Waals surface area (Å²) in [6.45, 7) is 2.06. The third-order valence-corrected chi connectivity index (χ3v) is 3.35. The molecule has 0 amide bonds. The lowest BCUT2D eigenvalue weighted by Crippen LogP contribution is -2.47. The summed E-state index contributed by atoms with van der Waals surface area (Å²) in [6.07, 6.45) is 8.84. The molecule has 13 heavy (non-hydrogen) atoms. The zero-order valence-corrected chi connectivity index (χ0v) is 8.76. The van der Waals surface area contributed by atoms with E-state index in [9.17, 15) is 5.11 Å². The second-order valence-electron chi connectivity index (χ2n) is 4.39. The molecule has 1 atom stereocenters. The Morgan fingerprint density at radius 1 is 1.15 bits per heavy atom. The smallest absolute Gasteiger partial charge is 0.0797 e. The van der Waals surface area contributed by atoms with Crippen LogP contribution in [0.2, 0.25) is 0 Å². The van der Waals surface area contributed by atoms with Crippen LogP contribution in [0.25, 0.3) is 0 Å². The summed E-state index contributed by atoms with van der Waals surface area (Å²) in [7, 11) is 0. The normalized spacial score (nSPS) is 26.1. The third kappa shape index (κ3) is 2.96. The first-order valence-corrected chi connectivity index (χ1v) is 5.67. The van der Waals surface area contributed by atoms with Gasteiger partial charge in [0.1, 0.15) is 0 Å². The maximum Gasteiger partial charge on any atom is 0.0797 e. The lowest BCUT2D eigenvalue weighted by molar-refractivity contribution is -0.0110. The number of hydrogen-bond acceptors (Lipinski definition) is 2. The van der Waals surface area contributed by atoms with Crippen LogP contribution < -0.4 is 5.73 Å². The molecule has 2 nitrogen and oxygen atoms in total. The minimum atomic E-state index is -0.560. The largest absolute Gasteiger partial charge is 0.388 e. The fraction of sp³-hybridized carbons (Fsp3) is 1.00. The Balaban J connectivity index is 2.51. The molecule has 1 unspecified atom stereocenters. The monoisotopic (exact) mass is 185 g/mol. The molecule has 1 aliphatic carbocycles. The van der Waals surface area contributed by atoms with Gasteiger partial charge in [0, 0.05) is 6.04 Å². The van der Waals surface area contributed by atoms with Crippen molar-refractivity contribution in [2.45, 2.75) is 69.9 Å². The predicted octanol–water partition coefficient (Wildman–Crippen LogP) is 2.20. The standard InChI is InChI=1S/C11H23NO/c1-2-10(12)11(13)8-6-4-3-5-7-9-11/h10,13H,2-9,12H2,1H3. The van der Waals surface area contributed by atoms with E-state index in [4.69, 9.17) is 5.73 Å². The van der Waals surface area contributed by atoms with E-state index in [1.807, 2.05) is 0 Å². The average Bonchev–Trinajstić information content (AvgIpc) is 2.10. The number of rotatable bonds is 2. The van der Waals surface area contributed by atoms with Gasteiger partial charge in [0.15, 0.2) is 0 Å². The van der Waals surface area contributed by atoms with E-state index in [-0.39, 0.29) is 6.04 Å². The van der Waals surface area contributed by atoms with Crippen LogP contribution in [0.5, 0.6) is 0 Å². The molecule has 1 saturated carbocycles. The highest BCUT2D eigenvalue weighted by Gasteiger charge is 2.32. The SMILES string of the molecule is CCC(N)C1(O)CCCCCCC1. The van der Waals surface area contributed by atoms with E-state index >= 15 is 0 Å². The molecular weight excluding hydrogens is 162 g/mol. The summed E-state index contributed by atoms with van der Waals surface area (Å²) in [5, 5.41) is 10.3. The maximum absolute atomic E-state index is 10.3. The van der Waals surface area contributed by atoms with Gasteiger partial charge in [0.25, 0.3) is 0 Å². The quantitative estimate of drug-likeness (QED) is 0.692. The van der Waals surface area contributed by atoms with Crippen molar-refractivity contribution in [3.63, 3.8) is 0 Å². The van der Waals surface area contributed by atoms with Gasteiger partial charge in [-0.25, -0.2) is 0 Å². The first-order valence-electron chi connectivity index (χ1n) is 5.67. The van der Waals surface area contributed by atoms with Crippen molar-refractivity contribution >= 4 is 0 Å². The summed E-state index contributed by atoms with van der Waals surface area (Å²) < 4.78 is 0. The van der Waals surface area contributed by atoms with Crippen molar-refractivity contribution in [3.05, 3.63) is 0 Å². The summed E-state index contributed by atoms with van der Waals surface area (Å²) in [5.41, 5.74) is 5.39. The summed E-state index contributed by atoms with van der Waals surface area (Å²) in [4.78, 5) is 0. The summed E-state index contributed by atoms with van der Waals surface area (Å²) >= 11 is 0. The van der Waals surface area contributed by atoms with Crippen molar-refractivity contribution in [2.24, 2.45) is 5.73 Å². The molecule has 3 N–H and O–H groups in total. The zero-order chi connectivity index (χ0) is 9.73. The minimum absolute atomic E-state index is 0.0226. The Morgan fingerprint density at radius 2 is 1.62 bits per heavy atom.